The topological polar surface area (TPSA) is 79.1 Å². The number of hydrogen-bond acceptors (Lipinski definition) is 7. The van der Waals surface area contributed by atoms with E-state index >= 15 is 0 Å². The van der Waals surface area contributed by atoms with Gasteiger partial charge in [-0.3, -0.25) is 9.36 Å². The number of methoxy groups -OCH3 is 2. The maximum atomic E-state index is 13.7. The summed E-state index contributed by atoms with van der Waals surface area (Å²) >= 11 is 7.75. The van der Waals surface area contributed by atoms with E-state index in [1.807, 2.05) is 51.1 Å². The maximum Gasteiger partial charge on any atom is 0.338 e. The van der Waals surface area contributed by atoms with Gasteiger partial charge in [-0.25, -0.2) is 9.79 Å². The summed E-state index contributed by atoms with van der Waals surface area (Å²) in [5.41, 5.74) is 2.18. The fraction of sp³-hybridized carbons (Fsp3) is 0.296. The minimum absolute atomic E-state index is 0.0827. The number of carbonyl (C=O) groups is 1. The zero-order valence-corrected chi connectivity index (χ0v) is 22.3. The summed E-state index contributed by atoms with van der Waals surface area (Å²) in [6, 6.07) is 12.3. The molecule has 1 aliphatic heterocycles. The standard InChI is InChI=1S/C27H27ClN2O5S/c1-6-19-22(26(32)34-5)23(17-10-8-7-9-11-17)30-25(31)21(36-27(30)29-19)14-16-12-18(28)24(35-15(2)3)20(13-16)33-4/h7-15,23H,6H2,1-5H3/b21-14+/t23-/m0/s1. The predicted octanol–water partition coefficient (Wildman–Crippen LogP) is 4.25. The lowest BCUT2D eigenvalue weighted by atomic mass is 9.95. The molecule has 1 aliphatic rings. The molecule has 0 saturated heterocycles. The number of hydrogen-bond donors (Lipinski definition) is 0. The number of fused-ring (bicyclic) bond motifs is 1. The van der Waals surface area contributed by atoms with Gasteiger partial charge in [0.15, 0.2) is 16.3 Å². The highest BCUT2D eigenvalue weighted by atomic mass is 35.5. The Bertz CT molecular complexity index is 1510. The molecule has 0 bridgehead atoms. The highest BCUT2D eigenvalue weighted by Crippen LogP contribution is 2.37. The molecule has 2 aromatic carbocycles. The van der Waals surface area contributed by atoms with Gasteiger partial charge in [-0.1, -0.05) is 60.2 Å². The monoisotopic (exact) mass is 526 g/mol. The van der Waals surface area contributed by atoms with Crippen LogP contribution in [0.2, 0.25) is 5.02 Å². The third-order valence-corrected chi connectivity index (χ3v) is 6.93. The van der Waals surface area contributed by atoms with E-state index in [1.54, 1.807) is 22.8 Å². The average Bonchev–Trinajstić information content (AvgIpc) is 3.18. The van der Waals surface area contributed by atoms with Crippen molar-refractivity contribution in [3.63, 3.8) is 0 Å². The van der Waals surface area contributed by atoms with Gasteiger partial charge in [-0.2, -0.15) is 0 Å². The van der Waals surface area contributed by atoms with Crippen LogP contribution >= 0.6 is 22.9 Å². The van der Waals surface area contributed by atoms with E-state index in [4.69, 9.17) is 25.8 Å². The largest absolute Gasteiger partial charge is 0.493 e. The van der Waals surface area contributed by atoms with Crippen LogP contribution in [0.4, 0.5) is 0 Å². The second-order valence-electron chi connectivity index (χ2n) is 8.40. The normalized spacial score (nSPS) is 15.5. The molecular formula is C27H27ClN2O5S. The van der Waals surface area contributed by atoms with E-state index < -0.39 is 12.0 Å². The Balaban J connectivity index is 1.93. The molecule has 0 unspecified atom stereocenters. The summed E-state index contributed by atoms with van der Waals surface area (Å²) in [6.45, 7) is 5.73. The predicted molar refractivity (Wildman–Crippen MR) is 141 cm³/mol. The van der Waals surface area contributed by atoms with Gasteiger partial charge in [0.2, 0.25) is 0 Å². The molecule has 36 heavy (non-hydrogen) atoms. The number of ether oxygens (including phenoxy) is 3. The van der Waals surface area contributed by atoms with Gasteiger partial charge < -0.3 is 14.2 Å². The van der Waals surface area contributed by atoms with E-state index in [2.05, 4.69) is 4.99 Å². The summed E-state index contributed by atoms with van der Waals surface area (Å²) < 4.78 is 18.4. The van der Waals surface area contributed by atoms with E-state index in [1.165, 1.54) is 25.6 Å². The lowest BCUT2D eigenvalue weighted by Crippen LogP contribution is -2.40. The first-order valence-electron chi connectivity index (χ1n) is 11.5. The van der Waals surface area contributed by atoms with E-state index in [-0.39, 0.29) is 11.7 Å². The lowest BCUT2D eigenvalue weighted by Gasteiger charge is -2.25. The first-order chi connectivity index (χ1) is 17.3. The van der Waals surface area contributed by atoms with Gasteiger partial charge in [-0.05, 0) is 49.6 Å². The maximum absolute atomic E-state index is 13.7. The van der Waals surface area contributed by atoms with Crippen molar-refractivity contribution in [1.82, 2.24) is 4.57 Å². The molecule has 0 radical (unpaired) electrons. The summed E-state index contributed by atoms with van der Waals surface area (Å²) in [5.74, 6) is 0.418. The van der Waals surface area contributed by atoms with Crippen molar-refractivity contribution < 1.29 is 19.0 Å². The van der Waals surface area contributed by atoms with Gasteiger partial charge in [0.05, 0.1) is 47.2 Å². The SMILES string of the molecule is CCC1=C(C(=O)OC)[C@H](c2ccccc2)n2c(s/c(=C/c3cc(Cl)c(OC(C)C)c(OC)c3)c2=O)=N1. The van der Waals surface area contributed by atoms with Gasteiger partial charge in [0.25, 0.3) is 5.56 Å². The number of halogens is 1. The fourth-order valence-electron chi connectivity index (χ4n) is 4.14. The molecule has 188 valence electrons. The minimum Gasteiger partial charge on any atom is -0.493 e. The number of allylic oxidation sites excluding steroid dienone is 1. The minimum atomic E-state index is -0.646. The molecule has 0 fully saturated rings. The summed E-state index contributed by atoms with van der Waals surface area (Å²) in [7, 11) is 2.87. The molecular weight excluding hydrogens is 500 g/mol. The van der Waals surface area contributed by atoms with Gasteiger partial charge in [0, 0.05) is 0 Å². The third kappa shape index (κ3) is 4.83. The summed E-state index contributed by atoms with van der Waals surface area (Å²) in [5, 5.41) is 0.380. The molecule has 3 aromatic rings. The smallest absolute Gasteiger partial charge is 0.338 e. The molecule has 0 spiro atoms. The van der Waals surface area contributed by atoms with E-state index in [0.717, 1.165) is 5.56 Å². The molecule has 1 atom stereocenters. The number of rotatable bonds is 7. The zero-order chi connectivity index (χ0) is 26.0. The Kier molecular flexibility index (Phi) is 7.66. The van der Waals surface area contributed by atoms with Crippen LogP contribution in [0.3, 0.4) is 0 Å². The molecule has 0 aliphatic carbocycles. The Labute approximate surface area is 217 Å². The number of carbonyl (C=O) groups excluding carboxylic acids is 1. The van der Waals surface area contributed by atoms with Crippen LogP contribution in [0, 0.1) is 0 Å². The fourth-order valence-corrected chi connectivity index (χ4v) is 5.42. The van der Waals surface area contributed by atoms with Crippen LogP contribution < -0.4 is 24.4 Å². The van der Waals surface area contributed by atoms with Gasteiger partial charge in [0.1, 0.15) is 0 Å². The molecule has 7 nitrogen and oxygen atoms in total. The van der Waals surface area contributed by atoms with Crippen LogP contribution in [-0.2, 0) is 9.53 Å². The van der Waals surface area contributed by atoms with Crippen LogP contribution in [0.5, 0.6) is 11.5 Å². The van der Waals surface area contributed by atoms with Crippen molar-refractivity contribution in [3.05, 3.63) is 89.6 Å². The molecule has 4 rings (SSSR count). The van der Waals surface area contributed by atoms with E-state index in [0.29, 0.717) is 49.1 Å². The van der Waals surface area contributed by atoms with Crippen molar-refractivity contribution in [1.29, 1.82) is 0 Å². The molecule has 1 aromatic heterocycles. The van der Waals surface area contributed by atoms with Gasteiger partial charge >= 0.3 is 5.97 Å². The van der Waals surface area contributed by atoms with Crippen molar-refractivity contribution in [2.24, 2.45) is 4.99 Å². The third-order valence-electron chi connectivity index (χ3n) is 5.67. The highest BCUT2D eigenvalue weighted by Gasteiger charge is 2.33. The highest BCUT2D eigenvalue weighted by molar-refractivity contribution is 7.07. The molecule has 0 saturated carbocycles. The first-order valence-corrected chi connectivity index (χ1v) is 12.7. The molecule has 0 N–H and O–H groups in total. The number of aromatic nitrogens is 1. The number of esters is 1. The summed E-state index contributed by atoms with van der Waals surface area (Å²) in [6.07, 6.45) is 2.18. The second kappa shape index (κ2) is 10.7. The quantitative estimate of drug-likeness (QED) is 0.430. The molecule has 0 amide bonds. The molecule has 9 heteroatoms. The van der Waals surface area contributed by atoms with Crippen molar-refractivity contribution in [2.75, 3.05) is 14.2 Å². The van der Waals surface area contributed by atoms with Crippen LogP contribution in [0.15, 0.2) is 63.5 Å². The van der Waals surface area contributed by atoms with Gasteiger partial charge in [-0.15, -0.1) is 0 Å². The average molecular weight is 527 g/mol. The summed E-state index contributed by atoms with van der Waals surface area (Å²) in [4.78, 5) is 31.8. The van der Waals surface area contributed by atoms with Crippen molar-refractivity contribution in [3.8, 4) is 11.5 Å². The van der Waals surface area contributed by atoms with Crippen molar-refractivity contribution in [2.45, 2.75) is 39.3 Å². The van der Waals surface area contributed by atoms with Crippen LogP contribution in [-0.4, -0.2) is 30.9 Å². The van der Waals surface area contributed by atoms with Crippen LogP contribution in [0.1, 0.15) is 44.4 Å². The second-order valence-corrected chi connectivity index (χ2v) is 9.82. The van der Waals surface area contributed by atoms with Crippen molar-refractivity contribution >= 4 is 35.0 Å². The number of thiazole rings is 1. The van der Waals surface area contributed by atoms with Crippen LogP contribution in [0.25, 0.3) is 6.08 Å². The molecule has 2 heterocycles. The Morgan fingerprint density at radius 2 is 1.94 bits per heavy atom. The Morgan fingerprint density at radius 3 is 2.56 bits per heavy atom. The Morgan fingerprint density at radius 1 is 1.22 bits per heavy atom. The Hall–Kier alpha value is -3.36. The number of benzene rings is 2. The zero-order valence-electron chi connectivity index (χ0n) is 20.7. The number of nitrogens with zero attached hydrogens (tertiary/aromatic N) is 2. The first kappa shape index (κ1) is 25.7. The van der Waals surface area contributed by atoms with E-state index in [9.17, 15) is 9.59 Å². The lowest BCUT2D eigenvalue weighted by molar-refractivity contribution is -0.136.